The van der Waals surface area contributed by atoms with Gasteiger partial charge < -0.3 is 20.5 Å². The molecule has 1 heterocycles. The first-order valence-corrected chi connectivity index (χ1v) is 12.7. The normalized spacial score (nSPS) is 16.9. The molecule has 202 valence electrons. The Morgan fingerprint density at radius 1 is 0.900 bits per heavy atom. The number of nitrogens with one attached hydrogen (secondary N) is 1. The summed E-state index contributed by atoms with van der Waals surface area (Å²) in [5, 5.41) is 18.4. The minimum absolute atomic E-state index is 0.0381. The molecule has 4 aromatic rings. The highest BCUT2D eigenvalue weighted by Gasteiger charge is 2.55. The standard InChI is InChI=1S/C31H28N4O5/c1-31(25-11-13-26(14-12-25)40-19-27(36)37)29(38)34(30(39)35(31)18-20-5-3-2-4-6-20)17-21-7-8-22-9-10-23(28(32)33)16-24(22)15-21/h2-16H,17-19H2,1H3,(H3,32,33)(H,36,37). The number of fused-ring (bicyclic) bond motifs is 1. The number of carbonyl (C=O) groups excluding carboxylic acids is 2. The average molecular weight is 537 g/mol. The summed E-state index contributed by atoms with van der Waals surface area (Å²) in [6.45, 7) is 1.53. The van der Waals surface area contributed by atoms with Gasteiger partial charge in [-0.25, -0.2) is 9.59 Å². The summed E-state index contributed by atoms with van der Waals surface area (Å²) in [7, 11) is 0. The molecule has 0 spiro atoms. The first kappa shape index (κ1) is 26.4. The Morgan fingerprint density at radius 2 is 1.60 bits per heavy atom. The number of nitrogens with two attached hydrogens (primary N) is 1. The third-order valence-electron chi connectivity index (χ3n) is 7.18. The van der Waals surface area contributed by atoms with Crippen LogP contribution in [0.3, 0.4) is 0 Å². The van der Waals surface area contributed by atoms with Crippen molar-refractivity contribution in [2.24, 2.45) is 5.73 Å². The van der Waals surface area contributed by atoms with Gasteiger partial charge in [-0.1, -0.05) is 66.7 Å². The number of benzene rings is 4. The molecule has 40 heavy (non-hydrogen) atoms. The van der Waals surface area contributed by atoms with Crippen LogP contribution in [0.4, 0.5) is 4.79 Å². The summed E-state index contributed by atoms with van der Waals surface area (Å²) in [6.07, 6.45) is 0. The summed E-state index contributed by atoms with van der Waals surface area (Å²) in [4.78, 5) is 41.6. The molecule has 4 N–H and O–H groups in total. The number of imide groups is 1. The van der Waals surface area contributed by atoms with Gasteiger partial charge in [0, 0.05) is 12.1 Å². The molecule has 0 aromatic heterocycles. The number of carbonyl (C=O) groups is 3. The molecule has 1 atom stereocenters. The molecule has 0 aliphatic carbocycles. The number of rotatable bonds is 9. The van der Waals surface area contributed by atoms with Crippen molar-refractivity contribution in [3.05, 3.63) is 113 Å². The maximum Gasteiger partial charge on any atom is 0.341 e. The minimum Gasteiger partial charge on any atom is -0.482 e. The first-order chi connectivity index (χ1) is 19.2. The molecule has 1 fully saturated rings. The maximum atomic E-state index is 14.1. The zero-order valence-corrected chi connectivity index (χ0v) is 21.8. The molecule has 9 heteroatoms. The number of urea groups is 1. The Labute approximate surface area is 230 Å². The molecular weight excluding hydrogens is 508 g/mol. The van der Waals surface area contributed by atoms with Crippen molar-refractivity contribution in [3.8, 4) is 5.75 Å². The number of amidine groups is 1. The smallest absolute Gasteiger partial charge is 0.341 e. The lowest BCUT2D eigenvalue weighted by molar-refractivity contribution is -0.139. The Morgan fingerprint density at radius 3 is 2.27 bits per heavy atom. The molecule has 5 rings (SSSR count). The fraction of sp³-hybridized carbons (Fsp3) is 0.161. The minimum atomic E-state index is -1.31. The van der Waals surface area contributed by atoms with Crippen LogP contribution in [0.2, 0.25) is 0 Å². The second kappa shape index (κ2) is 10.5. The van der Waals surface area contributed by atoms with E-state index in [1.165, 1.54) is 4.90 Å². The zero-order chi connectivity index (χ0) is 28.4. The van der Waals surface area contributed by atoms with E-state index in [9.17, 15) is 14.4 Å². The van der Waals surface area contributed by atoms with Gasteiger partial charge in [0.05, 0.1) is 6.54 Å². The van der Waals surface area contributed by atoms with Crippen LogP contribution in [0.5, 0.6) is 5.75 Å². The van der Waals surface area contributed by atoms with Crippen LogP contribution in [0.1, 0.15) is 29.2 Å². The number of hydrogen-bond donors (Lipinski definition) is 3. The van der Waals surface area contributed by atoms with E-state index in [0.29, 0.717) is 16.9 Å². The number of nitrogens with zero attached hydrogens (tertiary/aromatic N) is 2. The number of carboxylic acid groups (broad SMARTS) is 1. The highest BCUT2D eigenvalue weighted by Crippen LogP contribution is 2.40. The van der Waals surface area contributed by atoms with E-state index < -0.39 is 24.1 Å². The van der Waals surface area contributed by atoms with E-state index in [0.717, 1.165) is 21.9 Å². The van der Waals surface area contributed by atoms with Crippen LogP contribution in [-0.2, 0) is 28.2 Å². The van der Waals surface area contributed by atoms with E-state index in [1.807, 2.05) is 60.7 Å². The number of ether oxygens (including phenoxy) is 1. The van der Waals surface area contributed by atoms with Gasteiger partial charge in [-0.3, -0.25) is 15.1 Å². The molecule has 0 bridgehead atoms. The quantitative estimate of drug-likeness (QED) is 0.164. The second-order valence-electron chi connectivity index (χ2n) is 9.83. The largest absolute Gasteiger partial charge is 0.482 e. The lowest BCUT2D eigenvalue weighted by Crippen LogP contribution is -2.43. The zero-order valence-electron chi connectivity index (χ0n) is 21.8. The first-order valence-electron chi connectivity index (χ1n) is 12.7. The highest BCUT2D eigenvalue weighted by molar-refractivity contribution is 6.07. The molecule has 1 saturated heterocycles. The van der Waals surface area contributed by atoms with Gasteiger partial charge in [-0.15, -0.1) is 0 Å². The third kappa shape index (κ3) is 4.96. The molecule has 9 nitrogen and oxygen atoms in total. The van der Waals surface area contributed by atoms with Crippen molar-refractivity contribution < 1.29 is 24.2 Å². The van der Waals surface area contributed by atoms with Crippen LogP contribution in [0, 0.1) is 5.41 Å². The Balaban J connectivity index is 1.49. The summed E-state index contributed by atoms with van der Waals surface area (Å²) < 4.78 is 5.25. The van der Waals surface area contributed by atoms with Crippen molar-refractivity contribution in [1.29, 1.82) is 5.41 Å². The molecular formula is C31H28N4O5. The van der Waals surface area contributed by atoms with Gasteiger partial charge in [-0.05, 0) is 58.7 Å². The predicted octanol–water partition coefficient (Wildman–Crippen LogP) is 4.47. The number of aliphatic carboxylic acids is 1. The summed E-state index contributed by atoms with van der Waals surface area (Å²) >= 11 is 0. The maximum absolute atomic E-state index is 14.1. The average Bonchev–Trinajstić information content (AvgIpc) is 3.13. The van der Waals surface area contributed by atoms with Gasteiger partial charge in [0.2, 0.25) is 0 Å². The van der Waals surface area contributed by atoms with Gasteiger partial charge in [-0.2, -0.15) is 0 Å². The van der Waals surface area contributed by atoms with Crippen LogP contribution < -0.4 is 10.5 Å². The fourth-order valence-electron chi connectivity index (χ4n) is 4.98. The van der Waals surface area contributed by atoms with E-state index in [-0.39, 0.29) is 24.8 Å². The van der Waals surface area contributed by atoms with Crippen LogP contribution in [0.15, 0.2) is 91.0 Å². The number of hydrogen-bond acceptors (Lipinski definition) is 5. The van der Waals surface area contributed by atoms with Crippen molar-refractivity contribution in [2.75, 3.05) is 6.61 Å². The Hall–Kier alpha value is -5.18. The third-order valence-corrected chi connectivity index (χ3v) is 7.18. The monoisotopic (exact) mass is 536 g/mol. The fourth-order valence-corrected chi connectivity index (χ4v) is 4.98. The van der Waals surface area contributed by atoms with Crippen LogP contribution in [-0.4, -0.2) is 45.3 Å². The molecule has 3 amide bonds. The van der Waals surface area contributed by atoms with E-state index in [2.05, 4.69) is 0 Å². The lowest BCUT2D eigenvalue weighted by Gasteiger charge is -2.32. The number of nitrogen functional groups attached to an aromatic ring is 1. The summed E-state index contributed by atoms with van der Waals surface area (Å²) in [5.41, 5.74) is 7.16. The molecule has 4 aromatic carbocycles. The second-order valence-corrected chi connectivity index (χ2v) is 9.83. The van der Waals surface area contributed by atoms with E-state index >= 15 is 0 Å². The van der Waals surface area contributed by atoms with Gasteiger partial charge >= 0.3 is 12.0 Å². The molecule has 0 radical (unpaired) electrons. The topological polar surface area (TPSA) is 137 Å². The van der Waals surface area contributed by atoms with Crippen LogP contribution >= 0.6 is 0 Å². The molecule has 1 aliphatic heterocycles. The van der Waals surface area contributed by atoms with Crippen molar-refractivity contribution >= 4 is 34.5 Å². The van der Waals surface area contributed by atoms with E-state index in [1.54, 1.807) is 42.2 Å². The Kier molecular flexibility index (Phi) is 6.96. The predicted molar refractivity (Wildman–Crippen MR) is 150 cm³/mol. The van der Waals surface area contributed by atoms with Crippen LogP contribution in [0.25, 0.3) is 10.8 Å². The number of amides is 3. The van der Waals surface area contributed by atoms with Gasteiger partial charge in [0.1, 0.15) is 17.1 Å². The highest BCUT2D eigenvalue weighted by atomic mass is 16.5. The molecule has 1 aliphatic rings. The Bertz CT molecular complexity index is 1620. The lowest BCUT2D eigenvalue weighted by atomic mass is 9.89. The SMILES string of the molecule is CC1(c2ccc(OCC(=O)O)cc2)C(=O)N(Cc2ccc3ccc(C(=N)N)cc3c2)C(=O)N1Cc1ccccc1. The summed E-state index contributed by atoms with van der Waals surface area (Å²) in [6, 6.07) is 26.8. The van der Waals surface area contributed by atoms with E-state index in [4.69, 9.17) is 21.0 Å². The van der Waals surface area contributed by atoms with Gasteiger partial charge in [0.25, 0.3) is 5.91 Å². The molecule has 0 saturated carbocycles. The molecule has 1 unspecified atom stereocenters. The van der Waals surface area contributed by atoms with Crippen molar-refractivity contribution in [2.45, 2.75) is 25.6 Å². The van der Waals surface area contributed by atoms with Crippen molar-refractivity contribution in [1.82, 2.24) is 9.80 Å². The van der Waals surface area contributed by atoms with Gasteiger partial charge in [0.15, 0.2) is 6.61 Å². The number of carboxylic acids is 1. The summed E-state index contributed by atoms with van der Waals surface area (Å²) in [5.74, 6) is -1.16. The van der Waals surface area contributed by atoms with Crippen molar-refractivity contribution in [3.63, 3.8) is 0 Å².